The Balaban J connectivity index is 3.64. The second-order valence-corrected chi connectivity index (χ2v) is 4.46. The van der Waals surface area contributed by atoms with E-state index in [2.05, 4.69) is 27.7 Å². The first-order valence-electron chi connectivity index (χ1n) is 5.79. The van der Waals surface area contributed by atoms with E-state index >= 15 is 0 Å². The lowest BCUT2D eigenvalue weighted by atomic mass is 9.90. The summed E-state index contributed by atoms with van der Waals surface area (Å²) in [6.07, 6.45) is 5.71. The van der Waals surface area contributed by atoms with Gasteiger partial charge in [-0.1, -0.05) is 47.0 Å². The number of aliphatic hydroxyl groups is 1. The zero-order valence-electron chi connectivity index (χ0n) is 9.71. The average Bonchev–Trinajstić information content (AvgIpc) is 2.05. The van der Waals surface area contributed by atoms with Gasteiger partial charge in [0.05, 0.1) is 6.10 Å². The summed E-state index contributed by atoms with van der Waals surface area (Å²) in [6.45, 7) is 8.79. The highest BCUT2D eigenvalue weighted by Gasteiger charge is 2.15. The third-order valence-corrected chi connectivity index (χ3v) is 2.83. The lowest BCUT2D eigenvalue weighted by molar-refractivity contribution is 0.0860. The first kappa shape index (κ1) is 13.0. The van der Waals surface area contributed by atoms with E-state index in [1.54, 1.807) is 0 Å². The van der Waals surface area contributed by atoms with Crippen molar-refractivity contribution >= 4 is 0 Å². The predicted molar refractivity (Wildman–Crippen MR) is 58.8 cm³/mol. The fraction of sp³-hybridized carbons (Fsp3) is 1.00. The molecule has 0 heterocycles. The quantitative estimate of drug-likeness (QED) is 0.644. The Hall–Kier alpha value is -0.0400. The molecule has 0 saturated carbocycles. The smallest absolute Gasteiger partial charge is 0.0568 e. The van der Waals surface area contributed by atoms with E-state index in [1.807, 2.05) is 0 Å². The summed E-state index contributed by atoms with van der Waals surface area (Å²) >= 11 is 0. The Bertz CT molecular complexity index is 112. The van der Waals surface area contributed by atoms with Crippen LogP contribution in [0.25, 0.3) is 0 Å². The zero-order valence-corrected chi connectivity index (χ0v) is 9.71. The van der Waals surface area contributed by atoms with E-state index in [0.29, 0.717) is 11.8 Å². The minimum atomic E-state index is -0.0819. The van der Waals surface area contributed by atoms with Crippen LogP contribution in [0.1, 0.15) is 59.8 Å². The molecule has 0 aromatic heterocycles. The summed E-state index contributed by atoms with van der Waals surface area (Å²) < 4.78 is 0. The molecule has 1 nitrogen and oxygen atoms in total. The topological polar surface area (TPSA) is 20.2 Å². The summed E-state index contributed by atoms with van der Waals surface area (Å²) in [7, 11) is 0. The molecule has 0 amide bonds. The Morgan fingerprint density at radius 3 is 2.00 bits per heavy atom. The summed E-state index contributed by atoms with van der Waals surface area (Å²) in [5, 5.41) is 9.85. The summed E-state index contributed by atoms with van der Waals surface area (Å²) in [5.74, 6) is 1.16. The molecule has 0 rings (SSSR count). The van der Waals surface area contributed by atoms with Crippen LogP contribution in [0.15, 0.2) is 0 Å². The van der Waals surface area contributed by atoms with E-state index in [4.69, 9.17) is 0 Å². The van der Waals surface area contributed by atoms with Crippen molar-refractivity contribution in [3.8, 4) is 0 Å². The van der Waals surface area contributed by atoms with Gasteiger partial charge in [-0.3, -0.25) is 0 Å². The largest absolute Gasteiger partial charge is 0.393 e. The second kappa shape index (κ2) is 7.37. The van der Waals surface area contributed by atoms with Crippen molar-refractivity contribution in [3.63, 3.8) is 0 Å². The van der Waals surface area contributed by atoms with Gasteiger partial charge in [-0.15, -0.1) is 0 Å². The van der Waals surface area contributed by atoms with Gasteiger partial charge in [0.15, 0.2) is 0 Å². The molecule has 0 aliphatic heterocycles. The van der Waals surface area contributed by atoms with Gasteiger partial charge in [-0.05, 0) is 24.7 Å². The monoisotopic (exact) mass is 186 g/mol. The number of hydrogen-bond donors (Lipinski definition) is 1. The molecule has 3 unspecified atom stereocenters. The average molecular weight is 186 g/mol. The normalized spacial score (nSPS) is 18.2. The summed E-state index contributed by atoms with van der Waals surface area (Å²) in [4.78, 5) is 0. The molecule has 0 saturated heterocycles. The fourth-order valence-electron chi connectivity index (χ4n) is 1.90. The number of hydrogen-bond acceptors (Lipinski definition) is 1. The standard InChI is InChI=1S/C12H26O/c1-5-7-10(3)9-12(13)11(4)8-6-2/h10-13H,5-9H2,1-4H3. The molecule has 0 aliphatic rings. The molecule has 0 radical (unpaired) electrons. The molecular weight excluding hydrogens is 160 g/mol. The molecule has 0 aromatic carbocycles. The predicted octanol–water partition coefficient (Wildman–Crippen LogP) is 3.61. The van der Waals surface area contributed by atoms with E-state index < -0.39 is 0 Å². The Kier molecular flexibility index (Phi) is 7.35. The van der Waals surface area contributed by atoms with Crippen molar-refractivity contribution in [2.75, 3.05) is 0 Å². The van der Waals surface area contributed by atoms with Gasteiger partial charge < -0.3 is 5.11 Å². The molecule has 13 heavy (non-hydrogen) atoms. The van der Waals surface area contributed by atoms with Crippen LogP contribution in [-0.4, -0.2) is 11.2 Å². The van der Waals surface area contributed by atoms with E-state index in [-0.39, 0.29) is 6.10 Å². The third-order valence-electron chi connectivity index (χ3n) is 2.83. The van der Waals surface area contributed by atoms with Crippen molar-refractivity contribution in [2.24, 2.45) is 11.8 Å². The fourth-order valence-corrected chi connectivity index (χ4v) is 1.90. The van der Waals surface area contributed by atoms with Crippen LogP contribution in [0.4, 0.5) is 0 Å². The van der Waals surface area contributed by atoms with Crippen molar-refractivity contribution < 1.29 is 5.11 Å². The van der Waals surface area contributed by atoms with Crippen molar-refractivity contribution in [1.29, 1.82) is 0 Å². The SMILES string of the molecule is CCCC(C)CC(O)C(C)CCC. The summed E-state index contributed by atoms with van der Waals surface area (Å²) in [5.41, 5.74) is 0. The lowest BCUT2D eigenvalue weighted by Crippen LogP contribution is -2.20. The third kappa shape index (κ3) is 6.09. The molecule has 80 valence electrons. The van der Waals surface area contributed by atoms with Gasteiger partial charge in [0.1, 0.15) is 0 Å². The maximum Gasteiger partial charge on any atom is 0.0568 e. The molecule has 1 N–H and O–H groups in total. The Labute approximate surface area is 83.5 Å². The number of rotatable bonds is 7. The lowest BCUT2D eigenvalue weighted by Gasteiger charge is -2.21. The highest BCUT2D eigenvalue weighted by atomic mass is 16.3. The van der Waals surface area contributed by atoms with Gasteiger partial charge in [0.25, 0.3) is 0 Å². The molecule has 0 aromatic rings. The molecule has 1 heteroatoms. The van der Waals surface area contributed by atoms with Crippen molar-refractivity contribution in [2.45, 2.75) is 65.9 Å². The molecule has 3 atom stereocenters. The molecule has 0 spiro atoms. The van der Waals surface area contributed by atoms with Gasteiger partial charge in [-0.2, -0.15) is 0 Å². The second-order valence-electron chi connectivity index (χ2n) is 4.46. The van der Waals surface area contributed by atoms with Crippen LogP contribution in [0.3, 0.4) is 0 Å². The maximum absolute atomic E-state index is 9.85. The zero-order chi connectivity index (χ0) is 10.3. The van der Waals surface area contributed by atoms with Crippen LogP contribution < -0.4 is 0 Å². The van der Waals surface area contributed by atoms with Crippen LogP contribution in [0, 0.1) is 11.8 Å². The van der Waals surface area contributed by atoms with E-state index in [9.17, 15) is 5.11 Å². The van der Waals surface area contributed by atoms with Gasteiger partial charge in [-0.25, -0.2) is 0 Å². The van der Waals surface area contributed by atoms with Crippen LogP contribution in [-0.2, 0) is 0 Å². The van der Waals surface area contributed by atoms with E-state index in [0.717, 1.165) is 12.8 Å². The molecule has 0 bridgehead atoms. The minimum Gasteiger partial charge on any atom is -0.393 e. The van der Waals surface area contributed by atoms with Crippen LogP contribution >= 0.6 is 0 Å². The first-order chi connectivity index (χ1) is 6.11. The highest BCUT2D eigenvalue weighted by Crippen LogP contribution is 2.20. The van der Waals surface area contributed by atoms with Gasteiger partial charge >= 0.3 is 0 Å². The van der Waals surface area contributed by atoms with Crippen molar-refractivity contribution in [1.82, 2.24) is 0 Å². The van der Waals surface area contributed by atoms with Gasteiger partial charge in [0, 0.05) is 0 Å². The minimum absolute atomic E-state index is 0.0819. The Morgan fingerprint density at radius 2 is 1.54 bits per heavy atom. The Morgan fingerprint density at radius 1 is 1.00 bits per heavy atom. The van der Waals surface area contributed by atoms with E-state index in [1.165, 1.54) is 19.3 Å². The number of aliphatic hydroxyl groups excluding tert-OH is 1. The van der Waals surface area contributed by atoms with Crippen LogP contribution in [0.2, 0.25) is 0 Å². The maximum atomic E-state index is 9.85. The van der Waals surface area contributed by atoms with Crippen molar-refractivity contribution in [3.05, 3.63) is 0 Å². The van der Waals surface area contributed by atoms with Crippen LogP contribution in [0.5, 0.6) is 0 Å². The highest BCUT2D eigenvalue weighted by molar-refractivity contribution is 4.67. The molecule has 0 aliphatic carbocycles. The summed E-state index contributed by atoms with van der Waals surface area (Å²) in [6, 6.07) is 0. The van der Waals surface area contributed by atoms with Gasteiger partial charge in [0.2, 0.25) is 0 Å². The molecule has 0 fully saturated rings. The molecular formula is C12H26O. The first-order valence-corrected chi connectivity index (χ1v) is 5.79.